The van der Waals surface area contributed by atoms with E-state index in [4.69, 9.17) is 0 Å². The highest BCUT2D eigenvalue weighted by Crippen LogP contribution is 2.07. The highest BCUT2D eigenvalue weighted by atomic mass is 16.6. The second-order valence-electron chi connectivity index (χ2n) is 4.66. The van der Waals surface area contributed by atoms with Crippen molar-refractivity contribution in [2.75, 3.05) is 33.2 Å². The normalized spacial score (nSPS) is 16.6. The van der Waals surface area contributed by atoms with Crippen molar-refractivity contribution in [3.63, 3.8) is 0 Å². The van der Waals surface area contributed by atoms with E-state index in [0.29, 0.717) is 13.0 Å². The lowest BCUT2D eigenvalue weighted by Gasteiger charge is -2.32. The van der Waals surface area contributed by atoms with Crippen LogP contribution in [0.4, 0.5) is 5.82 Å². The van der Waals surface area contributed by atoms with Crippen LogP contribution in [0.25, 0.3) is 0 Å². The van der Waals surface area contributed by atoms with Crippen molar-refractivity contribution in [1.29, 1.82) is 0 Å². The van der Waals surface area contributed by atoms with Crippen molar-refractivity contribution < 1.29 is 9.72 Å². The number of carbonyl (C=O) groups is 1. The molecule has 104 valence electrons. The van der Waals surface area contributed by atoms with Crippen LogP contribution in [0.5, 0.6) is 0 Å². The summed E-state index contributed by atoms with van der Waals surface area (Å²) < 4.78 is 1.58. The summed E-state index contributed by atoms with van der Waals surface area (Å²) in [5.41, 5.74) is 0. The van der Waals surface area contributed by atoms with E-state index >= 15 is 0 Å². The molecule has 1 fully saturated rings. The van der Waals surface area contributed by atoms with Gasteiger partial charge in [-0.25, -0.2) is 0 Å². The van der Waals surface area contributed by atoms with E-state index in [0.717, 1.165) is 26.2 Å². The average Bonchev–Trinajstić information content (AvgIpc) is 2.86. The summed E-state index contributed by atoms with van der Waals surface area (Å²) >= 11 is 0. The smallest absolute Gasteiger partial charge is 0.358 e. The maximum Gasteiger partial charge on any atom is 0.381 e. The molecule has 0 saturated carbocycles. The molecule has 1 aromatic heterocycles. The quantitative estimate of drug-likeness (QED) is 0.564. The van der Waals surface area contributed by atoms with Crippen LogP contribution in [0.15, 0.2) is 12.5 Å². The summed E-state index contributed by atoms with van der Waals surface area (Å²) in [4.78, 5) is 29.6. The number of rotatable bonds is 4. The molecule has 1 amide bonds. The minimum atomic E-state index is -0.543. The molecule has 2 heterocycles. The average molecular weight is 267 g/mol. The van der Waals surface area contributed by atoms with Gasteiger partial charge in [-0.15, -0.1) is 0 Å². The molecule has 8 heteroatoms. The third-order valence-corrected chi connectivity index (χ3v) is 3.25. The van der Waals surface area contributed by atoms with Crippen molar-refractivity contribution >= 4 is 11.7 Å². The van der Waals surface area contributed by atoms with Gasteiger partial charge in [0.25, 0.3) is 0 Å². The maximum atomic E-state index is 12.0. The molecule has 1 aromatic rings. The maximum absolute atomic E-state index is 12.0. The van der Waals surface area contributed by atoms with Gasteiger partial charge >= 0.3 is 5.82 Å². The zero-order chi connectivity index (χ0) is 13.8. The predicted octanol–water partition coefficient (Wildman–Crippen LogP) is -0.0446. The van der Waals surface area contributed by atoms with Crippen molar-refractivity contribution in [2.45, 2.75) is 13.0 Å². The standard InChI is InChI=1S/C11H17N5O3/c1-13-4-6-15(7-5-13)11(17)2-3-14-8-10(12-9-14)16(18)19/h8-9H,2-7H2,1H3. The van der Waals surface area contributed by atoms with E-state index in [9.17, 15) is 14.9 Å². The number of hydrogen-bond donors (Lipinski definition) is 0. The number of imidazole rings is 1. The third-order valence-electron chi connectivity index (χ3n) is 3.25. The molecule has 19 heavy (non-hydrogen) atoms. The molecule has 2 rings (SSSR count). The van der Waals surface area contributed by atoms with Crippen LogP contribution < -0.4 is 0 Å². The fourth-order valence-corrected chi connectivity index (χ4v) is 2.00. The lowest BCUT2D eigenvalue weighted by Crippen LogP contribution is -2.47. The van der Waals surface area contributed by atoms with Crippen LogP contribution in [0, 0.1) is 10.1 Å². The lowest BCUT2D eigenvalue weighted by molar-refractivity contribution is -0.389. The number of hydrogen-bond acceptors (Lipinski definition) is 5. The van der Waals surface area contributed by atoms with Gasteiger partial charge in [-0.1, -0.05) is 0 Å². The Morgan fingerprint density at radius 3 is 2.68 bits per heavy atom. The molecule has 0 aromatic carbocycles. The van der Waals surface area contributed by atoms with E-state index in [1.807, 2.05) is 11.9 Å². The molecule has 1 aliphatic rings. The number of likely N-dealkylation sites (N-methyl/N-ethyl adjacent to an activating group) is 1. The van der Waals surface area contributed by atoms with Crippen LogP contribution in [0.3, 0.4) is 0 Å². The molecule has 0 spiro atoms. The number of nitrogens with zero attached hydrogens (tertiary/aromatic N) is 5. The van der Waals surface area contributed by atoms with Crippen molar-refractivity contribution in [1.82, 2.24) is 19.4 Å². The molecule has 0 bridgehead atoms. The van der Waals surface area contributed by atoms with Gasteiger partial charge in [-0.2, -0.15) is 0 Å². The first-order chi connectivity index (χ1) is 9.06. The first kappa shape index (κ1) is 13.5. The highest BCUT2D eigenvalue weighted by Gasteiger charge is 2.19. The molecule has 1 aliphatic heterocycles. The molecule has 0 aliphatic carbocycles. The van der Waals surface area contributed by atoms with Crippen LogP contribution in [-0.4, -0.2) is 63.4 Å². The highest BCUT2D eigenvalue weighted by molar-refractivity contribution is 5.76. The minimum Gasteiger partial charge on any atom is -0.358 e. The van der Waals surface area contributed by atoms with Crippen molar-refractivity contribution in [3.05, 3.63) is 22.6 Å². The van der Waals surface area contributed by atoms with E-state index in [1.54, 1.807) is 4.57 Å². The molecule has 1 saturated heterocycles. The van der Waals surface area contributed by atoms with Crippen LogP contribution in [-0.2, 0) is 11.3 Å². The number of aryl methyl sites for hydroxylation is 1. The number of carbonyl (C=O) groups excluding carboxylic acids is 1. The predicted molar refractivity (Wildman–Crippen MR) is 67.6 cm³/mol. The molecule has 0 atom stereocenters. The summed E-state index contributed by atoms with van der Waals surface area (Å²) in [5, 5.41) is 10.5. The molecule has 0 N–H and O–H groups in total. The fraction of sp³-hybridized carbons (Fsp3) is 0.636. The van der Waals surface area contributed by atoms with E-state index in [1.165, 1.54) is 12.5 Å². The van der Waals surface area contributed by atoms with Gasteiger partial charge in [0, 0.05) is 39.1 Å². The Balaban J connectivity index is 1.81. The summed E-state index contributed by atoms with van der Waals surface area (Å²) in [6.45, 7) is 3.70. The first-order valence-electron chi connectivity index (χ1n) is 6.19. The zero-order valence-electron chi connectivity index (χ0n) is 10.9. The molecular weight excluding hydrogens is 250 g/mol. The number of nitro groups is 1. The van der Waals surface area contributed by atoms with Gasteiger partial charge < -0.3 is 24.5 Å². The Labute approximate surface area is 110 Å². The number of piperazine rings is 1. The molecule has 0 unspecified atom stereocenters. The second kappa shape index (κ2) is 5.79. The van der Waals surface area contributed by atoms with E-state index in [2.05, 4.69) is 9.88 Å². The Hall–Kier alpha value is -1.96. The van der Waals surface area contributed by atoms with Gasteiger partial charge in [0.15, 0.2) is 0 Å². The topological polar surface area (TPSA) is 84.5 Å². The monoisotopic (exact) mass is 267 g/mol. The van der Waals surface area contributed by atoms with Crippen LogP contribution in [0.1, 0.15) is 6.42 Å². The Kier molecular flexibility index (Phi) is 4.10. The molecule has 8 nitrogen and oxygen atoms in total. The molecule has 0 radical (unpaired) electrons. The number of aromatic nitrogens is 2. The van der Waals surface area contributed by atoms with Gasteiger partial charge in [0.05, 0.1) is 0 Å². The van der Waals surface area contributed by atoms with Crippen LogP contribution >= 0.6 is 0 Å². The van der Waals surface area contributed by atoms with Crippen molar-refractivity contribution in [2.24, 2.45) is 0 Å². The number of amides is 1. The van der Waals surface area contributed by atoms with Gasteiger partial charge in [0.2, 0.25) is 12.2 Å². The van der Waals surface area contributed by atoms with E-state index in [-0.39, 0.29) is 11.7 Å². The first-order valence-corrected chi connectivity index (χ1v) is 6.19. The summed E-state index contributed by atoms with van der Waals surface area (Å²) in [5.74, 6) is -0.100. The lowest BCUT2D eigenvalue weighted by atomic mass is 10.3. The second-order valence-corrected chi connectivity index (χ2v) is 4.66. The van der Waals surface area contributed by atoms with Crippen LogP contribution in [0.2, 0.25) is 0 Å². The minimum absolute atomic E-state index is 0.0875. The zero-order valence-corrected chi connectivity index (χ0v) is 10.9. The third kappa shape index (κ3) is 3.50. The Morgan fingerprint density at radius 2 is 2.11 bits per heavy atom. The van der Waals surface area contributed by atoms with Gasteiger partial charge in [-0.3, -0.25) is 4.79 Å². The largest absolute Gasteiger partial charge is 0.381 e. The SMILES string of the molecule is CN1CCN(C(=O)CCn2cnc([N+](=O)[O-])c2)CC1. The summed E-state index contributed by atoms with van der Waals surface area (Å²) in [6.07, 6.45) is 3.07. The Morgan fingerprint density at radius 1 is 1.42 bits per heavy atom. The fourth-order valence-electron chi connectivity index (χ4n) is 2.00. The van der Waals surface area contributed by atoms with E-state index < -0.39 is 4.92 Å². The van der Waals surface area contributed by atoms with Gasteiger partial charge in [0.1, 0.15) is 6.20 Å². The Bertz CT molecular complexity index is 465. The van der Waals surface area contributed by atoms with Gasteiger partial charge in [-0.05, 0) is 17.0 Å². The molecular formula is C11H17N5O3. The summed E-state index contributed by atoms with van der Waals surface area (Å²) in [7, 11) is 2.03. The summed E-state index contributed by atoms with van der Waals surface area (Å²) in [6, 6.07) is 0. The van der Waals surface area contributed by atoms with Crippen molar-refractivity contribution in [3.8, 4) is 0 Å².